The zero-order chi connectivity index (χ0) is 17.5. The van der Waals surface area contributed by atoms with E-state index in [0.29, 0.717) is 18.5 Å². The molecule has 0 unspecified atom stereocenters. The summed E-state index contributed by atoms with van der Waals surface area (Å²) in [5, 5.41) is 15.4. The fraction of sp³-hybridized carbons (Fsp3) is 0.333. The number of rotatable bonds is 3. The predicted octanol–water partition coefficient (Wildman–Crippen LogP) is -0.0883. The van der Waals surface area contributed by atoms with E-state index in [1.165, 1.54) is 4.90 Å². The van der Waals surface area contributed by atoms with Crippen molar-refractivity contribution < 1.29 is 24.3 Å². The van der Waals surface area contributed by atoms with E-state index in [9.17, 15) is 19.2 Å². The third-order valence-electron chi connectivity index (χ3n) is 4.45. The van der Waals surface area contributed by atoms with Crippen LogP contribution in [0.4, 0.5) is 15.3 Å². The molecule has 9 nitrogen and oxygen atoms in total. The first-order valence-electron chi connectivity index (χ1n) is 7.29. The Kier molecular flexibility index (Phi) is 3.63. The summed E-state index contributed by atoms with van der Waals surface area (Å²) >= 11 is 0. The molecule has 0 aromatic heterocycles. The molecule has 0 radical (unpaired) electrons. The van der Waals surface area contributed by atoms with Gasteiger partial charge in [0, 0.05) is 25.6 Å². The van der Waals surface area contributed by atoms with Crippen LogP contribution in [0, 0.1) is 0 Å². The van der Waals surface area contributed by atoms with Gasteiger partial charge < -0.3 is 20.6 Å². The second-order valence-electron chi connectivity index (χ2n) is 5.89. The molecule has 3 rings (SSSR count). The largest absolute Gasteiger partial charge is 0.465 e. The molecule has 1 spiro atoms. The molecule has 1 aliphatic carbocycles. The zero-order valence-corrected chi connectivity index (χ0v) is 12.9. The molecule has 1 saturated heterocycles. The number of anilines is 1. The maximum atomic E-state index is 12.2. The van der Waals surface area contributed by atoms with E-state index in [2.05, 4.69) is 10.6 Å². The predicted molar refractivity (Wildman–Crippen MR) is 82.5 cm³/mol. The van der Waals surface area contributed by atoms with Crippen molar-refractivity contribution >= 4 is 29.6 Å². The van der Waals surface area contributed by atoms with Gasteiger partial charge in [-0.2, -0.15) is 0 Å². The number of hydrogen-bond acceptors (Lipinski definition) is 4. The van der Waals surface area contributed by atoms with Gasteiger partial charge in [0.2, 0.25) is 5.91 Å². The minimum absolute atomic E-state index is 0.317. The highest BCUT2D eigenvalue weighted by Gasteiger charge is 2.54. The zero-order valence-electron chi connectivity index (χ0n) is 12.9. The van der Waals surface area contributed by atoms with Gasteiger partial charge in [0.15, 0.2) is 0 Å². The lowest BCUT2D eigenvalue weighted by Gasteiger charge is -2.27. The van der Waals surface area contributed by atoms with E-state index in [0.717, 1.165) is 11.1 Å². The Bertz CT molecular complexity index is 762. The molecular weight excluding hydrogens is 316 g/mol. The fourth-order valence-corrected chi connectivity index (χ4v) is 3.14. The van der Waals surface area contributed by atoms with E-state index in [1.807, 2.05) is 5.32 Å². The van der Waals surface area contributed by atoms with Crippen LogP contribution in [0.2, 0.25) is 0 Å². The van der Waals surface area contributed by atoms with Crippen LogP contribution in [0.5, 0.6) is 0 Å². The summed E-state index contributed by atoms with van der Waals surface area (Å²) in [5.74, 6) is -0.807. The summed E-state index contributed by atoms with van der Waals surface area (Å²) in [6.45, 7) is -0.351. The Morgan fingerprint density at radius 1 is 1.29 bits per heavy atom. The highest BCUT2D eigenvalue weighted by atomic mass is 16.4. The van der Waals surface area contributed by atoms with Crippen molar-refractivity contribution in [3.05, 3.63) is 29.3 Å². The normalized spacial score (nSPS) is 21.6. The van der Waals surface area contributed by atoms with Gasteiger partial charge in [-0.05, 0) is 23.3 Å². The molecule has 24 heavy (non-hydrogen) atoms. The van der Waals surface area contributed by atoms with Crippen molar-refractivity contribution in [2.45, 2.75) is 18.4 Å². The number of carbonyl (C=O) groups excluding carboxylic acids is 3. The molecule has 9 heteroatoms. The Morgan fingerprint density at radius 2 is 2.00 bits per heavy atom. The number of imide groups is 1. The summed E-state index contributed by atoms with van der Waals surface area (Å²) in [6, 6.07) is 4.81. The van der Waals surface area contributed by atoms with Crippen LogP contribution in [0.3, 0.4) is 0 Å². The van der Waals surface area contributed by atoms with Crippen LogP contribution in [-0.2, 0) is 22.4 Å². The maximum Gasteiger partial charge on any atom is 0.405 e. The lowest BCUT2D eigenvalue weighted by atomic mass is 9.95. The highest BCUT2D eigenvalue weighted by Crippen LogP contribution is 2.37. The molecule has 2 aliphatic rings. The number of carboxylic acid groups (broad SMARTS) is 1. The minimum Gasteiger partial charge on any atom is -0.465 e. The lowest BCUT2D eigenvalue weighted by Crippen LogP contribution is -2.48. The van der Waals surface area contributed by atoms with E-state index in [-0.39, 0.29) is 12.5 Å². The third kappa shape index (κ3) is 2.53. The number of fused-ring (bicyclic) bond motifs is 1. The second-order valence-corrected chi connectivity index (χ2v) is 5.89. The van der Waals surface area contributed by atoms with Crippen LogP contribution in [-0.4, -0.2) is 53.1 Å². The van der Waals surface area contributed by atoms with E-state index < -0.39 is 23.6 Å². The summed E-state index contributed by atoms with van der Waals surface area (Å²) in [6.07, 6.45) is -0.486. The maximum absolute atomic E-state index is 12.2. The van der Waals surface area contributed by atoms with Crippen LogP contribution in [0.1, 0.15) is 11.1 Å². The van der Waals surface area contributed by atoms with Crippen molar-refractivity contribution in [3.8, 4) is 0 Å². The van der Waals surface area contributed by atoms with Crippen molar-refractivity contribution in [2.24, 2.45) is 0 Å². The van der Waals surface area contributed by atoms with Gasteiger partial charge in [0.05, 0.1) is 0 Å². The van der Waals surface area contributed by atoms with E-state index >= 15 is 0 Å². The molecule has 1 heterocycles. The van der Waals surface area contributed by atoms with Crippen molar-refractivity contribution in [1.29, 1.82) is 0 Å². The molecule has 1 aromatic carbocycles. The molecule has 0 saturated carbocycles. The topological polar surface area (TPSA) is 128 Å². The number of amides is 5. The van der Waals surface area contributed by atoms with E-state index in [1.54, 1.807) is 25.2 Å². The first kappa shape index (κ1) is 15.8. The summed E-state index contributed by atoms with van der Waals surface area (Å²) in [7, 11) is 1.59. The highest BCUT2D eigenvalue weighted by molar-refractivity contribution is 6.07. The molecule has 0 bridgehead atoms. The van der Waals surface area contributed by atoms with Crippen LogP contribution >= 0.6 is 0 Å². The van der Waals surface area contributed by atoms with Gasteiger partial charge in [0.1, 0.15) is 12.1 Å². The number of nitrogens with one attached hydrogen (secondary N) is 3. The summed E-state index contributed by atoms with van der Waals surface area (Å²) in [4.78, 5) is 47.4. The van der Waals surface area contributed by atoms with Crippen molar-refractivity contribution in [1.82, 2.24) is 15.5 Å². The Morgan fingerprint density at radius 3 is 2.62 bits per heavy atom. The minimum atomic E-state index is -1.28. The Balaban J connectivity index is 1.75. The average Bonchev–Trinajstić information content (AvgIpc) is 3.00. The van der Waals surface area contributed by atoms with Crippen molar-refractivity contribution in [3.63, 3.8) is 0 Å². The van der Waals surface area contributed by atoms with Crippen LogP contribution in [0.25, 0.3) is 0 Å². The van der Waals surface area contributed by atoms with E-state index in [4.69, 9.17) is 5.11 Å². The molecule has 1 aromatic rings. The first-order chi connectivity index (χ1) is 11.3. The standard InChI is InChI=1S/C15H16N4O5/c1-19-13(22)18-12(21)15(19)5-8-2-3-10(4-9(8)6-15)17-11(20)7-16-14(23)24/h2-4,16H,5-7H2,1H3,(H,17,20)(H,23,24)(H,18,21,22)/t15-/m0/s1. The average molecular weight is 332 g/mol. The molecular formula is C15H16N4O5. The summed E-state index contributed by atoms with van der Waals surface area (Å²) < 4.78 is 0. The number of carbonyl (C=O) groups is 4. The Labute approximate surface area is 137 Å². The lowest BCUT2D eigenvalue weighted by molar-refractivity contribution is -0.125. The molecule has 1 aliphatic heterocycles. The second kappa shape index (κ2) is 5.52. The van der Waals surface area contributed by atoms with Gasteiger partial charge in [-0.25, -0.2) is 9.59 Å². The van der Waals surface area contributed by atoms with Gasteiger partial charge in [-0.1, -0.05) is 6.07 Å². The van der Waals surface area contributed by atoms with Gasteiger partial charge in [-0.15, -0.1) is 0 Å². The molecule has 1 fully saturated rings. The smallest absolute Gasteiger partial charge is 0.405 e. The van der Waals surface area contributed by atoms with Crippen LogP contribution in [0.15, 0.2) is 18.2 Å². The van der Waals surface area contributed by atoms with Gasteiger partial charge in [0.25, 0.3) is 5.91 Å². The van der Waals surface area contributed by atoms with Crippen LogP contribution < -0.4 is 16.0 Å². The number of hydrogen-bond donors (Lipinski definition) is 4. The molecule has 1 atom stereocenters. The number of benzene rings is 1. The number of nitrogens with zero attached hydrogens (tertiary/aromatic N) is 1. The number of urea groups is 1. The molecule has 4 N–H and O–H groups in total. The fourth-order valence-electron chi connectivity index (χ4n) is 3.14. The monoisotopic (exact) mass is 332 g/mol. The number of likely N-dealkylation sites (N-methyl/N-ethyl adjacent to an activating group) is 1. The first-order valence-corrected chi connectivity index (χ1v) is 7.29. The van der Waals surface area contributed by atoms with Gasteiger partial charge in [-0.3, -0.25) is 14.9 Å². The van der Waals surface area contributed by atoms with Gasteiger partial charge >= 0.3 is 12.1 Å². The summed E-state index contributed by atoms with van der Waals surface area (Å²) in [5.41, 5.74) is 1.41. The third-order valence-corrected chi connectivity index (χ3v) is 4.45. The quantitative estimate of drug-likeness (QED) is 0.575. The Hall–Kier alpha value is -3.10. The SMILES string of the molecule is CN1C(=O)NC(=O)[C@@]12Cc1ccc(NC(=O)CNC(=O)O)cc1C2. The van der Waals surface area contributed by atoms with Crippen molar-refractivity contribution in [2.75, 3.05) is 18.9 Å². The molecule has 5 amide bonds. The molecule has 126 valence electrons.